The Morgan fingerprint density at radius 2 is 1.79 bits per heavy atom. The molecule has 0 bridgehead atoms. The molecular weight excluding hydrogens is 516 g/mol. The summed E-state index contributed by atoms with van der Waals surface area (Å²) in [5, 5.41) is 12.2. The molecule has 0 aliphatic heterocycles. The van der Waals surface area contributed by atoms with Crippen LogP contribution >= 0.6 is 22.9 Å². The third kappa shape index (κ3) is 4.23. The van der Waals surface area contributed by atoms with Crippen LogP contribution in [0, 0.1) is 13.8 Å². The van der Waals surface area contributed by atoms with Crippen LogP contribution in [0.15, 0.2) is 67.0 Å². The van der Waals surface area contributed by atoms with Crippen molar-refractivity contribution in [3.05, 3.63) is 88.8 Å². The molecule has 0 aliphatic carbocycles. The van der Waals surface area contributed by atoms with Gasteiger partial charge in [-0.15, -0.1) is 11.3 Å². The van der Waals surface area contributed by atoms with Crippen molar-refractivity contribution in [2.75, 3.05) is 0 Å². The first kappa shape index (κ1) is 24.3. The predicted octanol–water partition coefficient (Wildman–Crippen LogP) is 7.48. The van der Waals surface area contributed by atoms with E-state index in [9.17, 15) is 9.90 Å². The Balaban J connectivity index is 1.49. The molecule has 6 aromatic rings. The minimum Gasteiger partial charge on any atom is -0.481 e. The molecule has 6 nitrogen and oxygen atoms in total. The predicted molar refractivity (Wildman–Crippen MR) is 154 cm³/mol. The van der Waals surface area contributed by atoms with Crippen LogP contribution in [0.2, 0.25) is 5.02 Å². The summed E-state index contributed by atoms with van der Waals surface area (Å²) < 4.78 is 3.02. The fraction of sp³-hybridized carbons (Fsp3) is 0.133. The van der Waals surface area contributed by atoms with Crippen LogP contribution in [0.1, 0.15) is 16.8 Å². The summed E-state index contributed by atoms with van der Waals surface area (Å²) in [5.41, 5.74) is 9.12. The molecule has 2 aromatic carbocycles. The normalized spacial score (nSPS) is 11.5. The number of aliphatic carboxylic acids is 1. The van der Waals surface area contributed by atoms with Gasteiger partial charge in [0, 0.05) is 52.2 Å². The van der Waals surface area contributed by atoms with Crippen LogP contribution < -0.4 is 0 Å². The second-order valence-corrected chi connectivity index (χ2v) is 10.8. The number of hydrogen-bond acceptors (Lipinski definition) is 5. The lowest BCUT2D eigenvalue weighted by Crippen LogP contribution is -2.04. The molecule has 38 heavy (non-hydrogen) atoms. The molecule has 0 unspecified atom stereocenters. The lowest BCUT2D eigenvalue weighted by molar-refractivity contribution is -0.136. The number of fused-ring (bicyclic) bond motifs is 2. The zero-order valence-electron chi connectivity index (χ0n) is 21.0. The van der Waals surface area contributed by atoms with Crippen molar-refractivity contribution >= 4 is 50.2 Å². The summed E-state index contributed by atoms with van der Waals surface area (Å²) >= 11 is 7.70. The highest BCUT2D eigenvalue weighted by molar-refractivity contribution is 7.22. The van der Waals surface area contributed by atoms with Crippen molar-refractivity contribution < 1.29 is 9.90 Å². The monoisotopic (exact) mass is 538 g/mol. The average molecular weight is 539 g/mol. The van der Waals surface area contributed by atoms with E-state index in [1.54, 1.807) is 17.5 Å². The number of halogens is 1. The number of pyridine rings is 2. The zero-order valence-corrected chi connectivity index (χ0v) is 22.6. The van der Waals surface area contributed by atoms with Gasteiger partial charge in [-0.2, -0.15) is 0 Å². The maximum absolute atomic E-state index is 11.7. The Hall–Kier alpha value is -4.07. The highest BCUT2D eigenvalue weighted by Crippen LogP contribution is 2.41. The molecule has 0 aliphatic rings. The molecule has 8 heteroatoms. The average Bonchev–Trinajstić information content (AvgIpc) is 3.44. The summed E-state index contributed by atoms with van der Waals surface area (Å²) in [6.07, 6.45) is 3.58. The van der Waals surface area contributed by atoms with E-state index in [2.05, 4.69) is 33.6 Å². The van der Waals surface area contributed by atoms with Gasteiger partial charge in [0.25, 0.3) is 0 Å². The summed E-state index contributed by atoms with van der Waals surface area (Å²) in [6, 6.07) is 17.7. The summed E-state index contributed by atoms with van der Waals surface area (Å²) in [6.45, 7) is 4.00. The maximum Gasteiger partial charge on any atom is 0.307 e. The number of aryl methyl sites for hydroxylation is 3. The van der Waals surface area contributed by atoms with Crippen molar-refractivity contribution in [1.82, 2.24) is 19.5 Å². The van der Waals surface area contributed by atoms with Crippen molar-refractivity contribution in [1.29, 1.82) is 0 Å². The third-order valence-corrected chi connectivity index (χ3v) is 8.27. The quantitative estimate of drug-likeness (QED) is 0.246. The minimum atomic E-state index is -0.870. The van der Waals surface area contributed by atoms with Gasteiger partial charge < -0.3 is 9.67 Å². The van der Waals surface area contributed by atoms with Gasteiger partial charge in [0.2, 0.25) is 0 Å². The van der Waals surface area contributed by atoms with E-state index in [1.807, 2.05) is 62.6 Å². The van der Waals surface area contributed by atoms with E-state index >= 15 is 0 Å². The number of rotatable bonds is 5. The van der Waals surface area contributed by atoms with Crippen LogP contribution in [0.3, 0.4) is 0 Å². The van der Waals surface area contributed by atoms with Crippen molar-refractivity contribution in [3.8, 4) is 33.0 Å². The number of thiazole rings is 1. The molecule has 0 spiro atoms. The molecule has 4 heterocycles. The van der Waals surface area contributed by atoms with E-state index < -0.39 is 5.97 Å². The Kier molecular flexibility index (Phi) is 5.97. The van der Waals surface area contributed by atoms with Crippen molar-refractivity contribution in [3.63, 3.8) is 0 Å². The summed E-state index contributed by atoms with van der Waals surface area (Å²) in [4.78, 5) is 26.0. The standard InChI is InChI=1S/C30H23ClN4O2S/c1-16-10-25-28(27(23(16)14-26(36)37)18-4-6-22(31)7-5-18)38-30(34-25)19-8-9-32-24(13-19)21-12-20-11-17(2)35(3)29(20)33-15-21/h4-13,15H,14H2,1-3H3,(H,36,37). The zero-order chi connectivity index (χ0) is 26.6. The first-order valence-corrected chi connectivity index (χ1v) is 13.3. The molecule has 1 N–H and O–H groups in total. The van der Waals surface area contributed by atoms with Crippen molar-refractivity contribution in [2.24, 2.45) is 7.05 Å². The molecule has 4 aromatic heterocycles. The second kappa shape index (κ2) is 9.35. The van der Waals surface area contributed by atoms with Crippen LogP contribution in [-0.4, -0.2) is 30.6 Å². The molecular formula is C30H23ClN4O2S. The van der Waals surface area contributed by atoms with E-state index in [0.29, 0.717) is 5.02 Å². The molecule has 188 valence electrons. The Labute approximate surface area is 228 Å². The van der Waals surface area contributed by atoms with E-state index in [0.717, 1.165) is 71.0 Å². The minimum absolute atomic E-state index is 0.0686. The second-order valence-electron chi connectivity index (χ2n) is 9.40. The van der Waals surface area contributed by atoms with E-state index in [-0.39, 0.29) is 6.42 Å². The number of benzene rings is 2. The van der Waals surface area contributed by atoms with Crippen LogP contribution in [0.4, 0.5) is 0 Å². The highest BCUT2D eigenvalue weighted by atomic mass is 35.5. The van der Waals surface area contributed by atoms with Gasteiger partial charge in [0.05, 0.1) is 22.3 Å². The molecule has 0 amide bonds. The first-order chi connectivity index (χ1) is 18.3. The van der Waals surface area contributed by atoms with Gasteiger partial charge in [0.15, 0.2) is 0 Å². The van der Waals surface area contributed by atoms with E-state index in [1.165, 1.54) is 0 Å². The highest BCUT2D eigenvalue weighted by Gasteiger charge is 2.20. The van der Waals surface area contributed by atoms with Gasteiger partial charge in [-0.3, -0.25) is 9.78 Å². The summed E-state index contributed by atoms with van der Waals surface area (Å²) in [7, 11) is 2.01. The van der Waals surface area contributed by atoms with Gasteiger partial charge in [-0.25, -0.2) is 9.97 Å². The molecule has 0 fully saturated rings. The fourth-order valence-electron chi connectivity index (χ4n) is 4.87. The van der Waals surface area contributed by atoms with Crippen LogP contribution in [0.5, 0.6) is 0 Å². The number of carboxylic acids is 1. The van der Waals surface area contributed by atoms with E-state index in [4.69, 9.17) is 16.6 Å². The van der Waals surface area contributed by atoms with Crippen molar-refractivity contribution in [2.45, 2.75) is 20.3 Å². The van der Waals surface area contributed by atoms with Crippen LogP contribution in [0.25, 0.3) is 54.2 Å². The maximum atomic E-state index is 11.7. The van der Waals surface area contributed by atoms with Gasteiger partial charge >= 0.3 is 5.97 Å². The van der Waals surface area contributed by atoms with Gasteiger partial charge in [-0.1, -0.05) is 23.7 Å². The van der Waals surface area contributed by atoms with Gasteiger partial charge in [0.1, 0.15) is 10.7 Å². The lowest BCUT2D eigenvalue weighted by Gasteiger charge is -2.13. The Bertz CT molecular complexity index is 1870. The molecule has 0 saturated carbocycles. The molecule has 0 saturated heterocycles. The fourth-order valence-corrected chi connectivity index (χ4v) is 6.13. The molecule has 0 radical (unpaired) electrons. The molecule has 0 atom stereocenters. The SMILES string of the molecule is Cc1cc2nc(-c3ccnc(-c4cnc5c(c4)cc(C)n5C)c3)sc2c(-c2ccc(Cl)cc2)c1CC(=O)O. The first-order valence-electron chi connectivity index (χ1n) is 12.1. The number of hydrogen-bond donors (Lipinski definition) is 1. The smallest absolute Gasteiger partial charge is 0.307 e. The largest absolute Gasteiger partial charge is 0.481 e. The van der Waals surface area contributed by atoms with Gasteiger partial charge in [-0.05, 0) is 73.0 Å². The lowest BCUT2D eigenvalue weighted by atomic mass is 9.93. The topological polar surface area (TPSA) is 80.9 Å². The summed E-state index contributed by atoms with van der Waals surface area (Å²) in [5.74, 6) is -0.870. The third-order valence-electron chi connectivity index (χ3n) is 6.88. The Morgan fingerprint density at radius 1 is 1.00 bits per heavy atom. The molecule has 6 rings (SSSR count). The number of nitrogens with zero attached hydrogens (tertiary/aromatic N) is 4. The number of carbonyl (C=O) groups is 1. The number of carboxylic acid groups (broad SMARTS) is 1. The number of aromatic nitrogens is 4. The Morgan fingerprint density at radius 3 is 2.55 bits per heavy atom. The van der Waals surface area contributed by atoms with Crippen LogP contribution in [-0.2, 0) is 18.3 Å².